The molecule has 3 nitrogen and oxygen atoms in total. The Morgan fingerprint density at radius 2 is 2.06 bits per heavy atom. The van der Waals surface area contributed by atoms with E-state index < -0.39 is 5.97 Å². The second-order valence-corrected chi connectivity index (χ2v) is 4.71. The van der Waals surface area contributed by atoms with Crippen LogP contribution in [0.4, 0.5) is 0 Å². The van der Waals surface area contributed by atoms with Crippen LogP contribution >= 0.6 is 34.8 Å². The van der Waals surface area contributed by atoms with Crippen LogP contribution in [0.25, 0.3) is 10.9 Å². The summed E-state index contributed by atoms with van der Waals surface area (Å²) < 4.78 is 4.89. The molecule has 2 rings (SSSR count). The van der Waals surface area contributed by atoms with Gasteiger partial charge in [0, 0.05) is 16.6 Å². The maximum atomic E-state index is 11.7. The molecule has 0 N–H and O–H groups in total. The van der Waals surface area contributed by atoms with Crippen molar-refractivity contribution >= 4 is 51.7 Å². The molecule has 0 aliphatic rings. The number of esters is 1. The van der Waals surface area contributed by atoms with Gasteiger partial charge in [-0.3, -0.25) is 4.98 Å². The highest BCUT2D eigenvalue weighted by atomic mass is 35.5. The molecule has 0 saturated carbocycles. The number of halogens is 3. The van der Waals surface area contributed by atoms with Gasteiger partial charge in [-0.2, -0.15) is 0 Å². The Morgan fingerprint density at radius 3 is 2.72 bits per heavy atom. The third-order valence-electron chi connectivity index (χ3n) is 2.32. The predicted octanol–water partition coefficient (Wildman–Crippen LogP) is 4.37. The van der Waals surface area contributed by atoms with Gasteiger partial charge in [-0.05, 0) is 19.1 Å². The summed E-state index contributed by atoms with van der Waals surface area (Å²) in [6.07, 6.45) is 1.35. The molecule has 2 aromatic rings. The van der Waals surface area contributed by atoms with Crippen molar-refractivity contribution < 1.29 is 9.53 Å². The second kappa shape index (κ2) is 5.31. The van der Waals surface area contributed by atoms with E-state index in [2.05, 4.69) is 4.98 Å². The van der Waals surface area contributed by atoms with E-state index in [0.29, 0.717) is 20.9 Å². The minimum atomic E-state index is -0.520. The van der Waals surface area contributed by atoms with Gasteiger partial charge in [0.2, 0.25) is 0 Å². The molecule has 0 fully saturated rings. The third kappa shape index (κ3) is 2.39. The largest absolute Gasteiger partial charge is 0.462 e. The van der Waals surface area contributed by atoms with Crippen molar-refractivity contribution in [2.45, 2.75) is 6.92 Å². The van der Waals surface area contributed by atoms with Crippen molar-refractivity contribution in [1.29, 1.82) is 0 Å². The monoisotopic (exact) mass is 303 g/mol. The average Bonchev–Trinajstić information content (AvgIpc) is 2.30. The summed E-state index contributed by atoms with van der Waals surface area (Å²) in [6.45, 7) is 1.98. The van der Waals surface area contributed by atoms with E-state index >= 15 is 0 Å². The molecule has 0 bridgehead atoms. The van der Waals surface area contributed by atoms with Crippen molar-refractivity contribution in [3.63, 3.8) is 0 Å². The number of ether oxygens (including phenoxy) is 1. The van der Waals surface area contributed by atoms with Gasteiger partial charge in [0.15, 0.2) is 0 Å². The molecule has 0 aliphatic carbocycles. The average molecular weight is 305 g/mol. The van der Waals surface area contributed by atoms with Crippen LogP contribution < -0.4 is 0 Å². The van der Waals surface area contributed by atoms with E-state index in [1.54, 1.807) is 19.1 Å². The first kappa shape index (κ1) is 13.4. The van der Waals surface area contributed by atoms with Gasteiger partial charge in [-0.1, -0.05) is 34.8 Å². The van der Waals surface area contributed by atoms with Gasteiger partial charge in [0.1, 0.15) is 0 Å². The van der Waals surface area contributed by atoms with Crippen LogP contribution in [0, 0.1) is 0 Å². The van der Waals surface area contributed by atoms with E-state index in [0.717, 1.165) is 0 Å². The Hall–Kier alpha value is -1.03. The number of carbonyl (C=O) groups excluding carboxylic acids is 1. The molecule has 0 aliphatic heterocycles. The lowest BCUT2D eigenvalue weighted by molar-refractivity contribution is 0.0526. The van der Waals surface area contributed by atoms with Gasteiger partial charge >= 0.3 is 5.97 Å². The molecule has 18 heavy (non-hydrogen) atoms. The molecule has 1 heterocycles. The standard InChI is InChI=1S/C12H8Cl3NO2/c1-2-18-12(17)8-5-16-11-7(10(8)15)3-6(13)4-9(11)14/h3-5H,2H2,1H3. The molecule has 1 aromatic carbocycles. The van der Waals surface area contributed by atoms with E-state index in [9.17, 15) is 4.79 Å². The normalized spacial score (nSPS) is 10.7. The molecule has 0 spiro atoms. The number of nitrogens with zero attached hydrogens (tertiary/aromatic N) is 1. The maximum Gasteiger partial charge on any atom is 0.341 e. The number of fused-ring (bicyclic) bond motifs is 1. The molecular weight excluding hydrogens is 296 g/mol. The lowest BCUT2D eigenvalue weighted by Crippen LogP contribution is -2.06. The van der Waals surface area contributed by atoms with Crippen LogP contribution in [0.3, 0.4) is 0 Å². The summed E-state index contributed by atoms with van der Waals surface area (Å²) in [5, 5.41) is 1.58. The fraction of sp³-hybridized carbons (Fsp3) is 0.167. The highest BCUT2D eigenvalue weighted by molar-refractivity contribution is 6.42. The van der Waals surface area contributed by atoms with Crippen LogP contribution in [-0.4, -0.2) is 17.6 Å². The Labute approximate surface area is 119 Å². The zero-order chi connectivity index (χ0) is 13.3. The Balaban J connectivity index is 2.67. The fourth-order valence-corrected chi connectivity index (χ4v) is 2.36. The first-order valence-corrected chi connectivity index (χ1v) is 6.28. The van der Waals surface area contributed by atoms with E-state index in [4.69, 9.17) is 39.5 Å². The molecule has 0 saturated heterocycles. The fourth-order valence-electron chi connectivity index (χ4n) is 1.55. The first-order chi connectivity index (χ1) is 8.54. The smallest absolute Gasteiger partial charge is 0.341 e. The van der Waals surface area contributed by atoms with Gasteiger partial charge in [-0.25, -0.2) is 4.79 Å². The van der Waals surface area contributed by atoms with Gasteiger partial charge in [0.25, 0.3) is 0 Å². The predicted molar refractivity (Wildman–Crippen MR) is 72.7 cm³/mol. The molecular formula is C12H8Cl3NO2. The lowest BCUT2D eigenvalue weighted by Gasteiger charge is -2.08. The number of pyridine rings is 1. The Kier molecular flexibility index (Phi) is 3.95. The summed E-state index contributed by atoms with van der Waals surface area (Å²) in [7, 11) is 0. The number of hydrogen-bond donors (Lipinski definition) is 0. The zero-order valence-corrected chi connectivity index (χ0v) is 11.6. The Morgan fingerprint density at radius 1 is 1.33 bits per heavy atom. The molecule has 94 valence electrons. The van der Waals surface area contributed by atoms with Gasteiger partial charge in [0.05, 0.1) is 27.7 Å². The summed E-state index contributed by atoms with van der Waals surface area (Å²) in [5.74, 6) is -0.520. The highest BCUT2D eigenvalue weighted by Crippen LogP contribution is 2.33. The lowest BCUT2D eigenvalue weighted by atomic mass is 10.1. The molecule has 6 heteroatoms. The number of aromatic nitrogens is 1. The van der Waals surface area contributed by atoms with E-state index in [-0.39, 0.29) is 17.2 Å². The summed E-state index contributed by atoms with van der Waals surface area (Å²) >= 11 is 18.1. The maximum absolute atomic E-state index is 11.7. The number of hydrogen-bond acceptors (Lipinski definition) is 3. The minimum Gasteiger partial charge on any atom is -0.462 e. The van der Waals surface area contributed by atoms with Gasteiger partial charge < -0.3 is 4.74 Å². The highest BCUT2D eigenvalue weighted by Gasteiger charge is 2.16. The van der Waals surface area contributed by atoms with E-state index in [1.165, 1.54) is 6.20 Å². The topological polar surface area (TPSA) is 39.2 Å². The van der Waals surface area contributed by atoms with Crippen molar-refractivity contribution in [3.8, 4) is 0 Å². The number of benzene rings is 1. The van der Waals surface area contributed by atoms with Crippen LogP contribution in [0.2, 0.25) is 15.1 Å². The first-order valence-electron chi connectivity index (χ1n) is 5.15. The third-order valence-corrected chi connectivity index (χ3v) is 3.23. The van der Waals surface area contributed by atoms with Crippen molar-refractivity contribution in [1.82, 2.24) is 4.98 Å². The van der Waals surface area contributed by atoms with Crippen LogP contribution in [0.15, 0.2) is 18.3 Å². The molecule has 0 radical (unpaired) electrons. The summed E-state index contributed by atoms with van der Waals surface area (Å²) in [5.41, 5.74) is 0.698. The Bertz CT molecular complexity index is 628. The van der Waals surface area contributed by atoms with Crippen LogP contribution in [0.1, 0.15) is 17.3 Å². The van der Waals surface area contributed by atoms with Crippen molar-refractivity contribution in [2.75, 3.05) is 6.61 Å². The molecule has 1 aromatic heterocycles. The number of carbonyl (C=O) groups is 1. The van der Waals surface area contributed by atoms with Crippen molar-refractivity contribution in [2.24, 2.45) is 0 Å². The molecule has 0 atom stereocenters. The quantitative estimate of drug-likeness (QED) is 0.773. The summed E-state index contributed by atoms with van der Waals surface area (Å²) in [6, 6.07) is 3.18. The van der Waals surface area contributed by atoms with Crippen LogP contribution in [-0.2, 0) is 4.74 Å². The molecule has 0 amide bonds. The van der Waals surface area contributed by atoms with Crippen LogP contribution in [0.5, 0.6) is 0 Å². The molecule has 0 unspecified atom stereocenters. The van der Waals surface area contributed by atoms with Crippen molar-refractivity contribution in [3.05, 3.63) is 39.0 Å². The zero-order valence-electron chi connectivity index (χ0n) is 9.34. The minimum absolute atomic E-state index is 0.198. The second-order valence-electron chi connectivity index (χ2n) is 3.49. The summed E-state index contributed by atoms with van der Waals surface area (Å²) in [4.78, 5) is 15.8. The van der Waals surface area contributed by atoms with E-state index in [1.807, 2.05) is 0 Å². The van der Waals surface area contributed by atoms with Gasteiger partial charge in [-0.15, -0.1) is 0 Å². The number of rotatable bonds is 2. The SMILES string of the molecule is CCOC(=O)c1cnc2c(Cl)cc(Cl)cc2c1Cl.